The van der Waals surface area contributed by atoms with Crippen LogP contribution in [0.3, 0.4) is 0 Å². The van der Waals surface area contributed by atoms with Crippen molar-refractivity contribution in [2.45, 2.75) is 133 Å². The number of hydrogen-bond donors (Lipinski definition) is 1. The molecule has 2 heteroatoms. The predicted octanol–water partition coefficient (Wildman–Crippen LogP) is 7.52. The van der Waals surface area contributed by atoms with Crippen LogP contribution in [0, 0.1) is 0 Å². The first kappa shape index (κ1) is 24.5. The molecule has 0 bridgehead atoms. The predicted molar refractivity (Wildman–Crippen MR) is 114 cm³/mol. The number of hydrogen-bond acceptors (Lipinski definition) is 1. The first-order valence-electron chi connectivity index (χ1n) is 11.1. The van der Waals surface area contributed by atoms with Gasteiger partial charge in [-0.25, -0.2) is 0 Å². The van der Waals surface area contributed by atoms with Gasteiger partial charge in [0.05, 0.1) is 0 Å². The van der Waals surface area contributed by atoms with Crippen molar-refractivity contribution in [2.75, 3.05) is 6.54 Å². The van der Waals surface area contributed by atoms with Crippen molar-refractivity contribution in [1.29, 1.82) is 0 Å². The topological polar surface area (TPSA) is 12.0 Å². The molecule has 0 heterocycles. The maximum absolute atomic E-state index is 3.70. The van der Waals surface area contributed by atoms with Gasteiger partial charge in [0.1, 0.15) is 0 Å². The van der Waals surface area contributed by atoms with E-state index in [1.807, 2.05) is 0 Å². The zero-order valence-corrected chi connectivity index (χ0v) is 19.4. The van der Waals surface area contributed by atoms with Crippen LogP contribution in [0.1, 0.15) is 117 Å². The zero-order chi connectivity index (χ0) is 17.9. The summed E-state index contributed by atoms with van der Waals surface area (Å²) >= 11 is -0.533. The Balaban J connectivity index is 3.03. The van der Waals surface area contributed by atoms with Crippen LogP contribution in [0.2, 0.25) is 11.4 Å². The second-order valence-corrected chi connectivity index (χ2v) is 13.6. The summed E-state index contributed by atoms with van der Waals surface area (Å²) in [5.41, 5.74) is 4.89. The molecule has 1 unspecified atom stereocenters. The Morgan fingerprint density at radius 2 is 0.917 bits per heavy atom. The van der Waals surface area contributed by atoms with Gasteiger partial charge in [-0.3, -0.25) is 0 Å². The van der Waals surface area contributed by atoms with Crippen LogP contribution < -0.4 is 5.32 Å². The van der Waals surface area contributed by atoms with Crippen LogP contribution in [0.5, 0.6) is 0 Å². The van der Waals surface area contributed by atoms with Crippen molar-refractivity contribution in [3.05, 3.63) is 0 Å². The first-order chi connectivity index (χ1) is 11.7. The Kier molecular flexibility index (Phi) is 20.3. The van der Waals surface area contributed by atoms with Crippen molar-refractivity contribution in [2.24, 2.45) is 0 Å². The van der Waals surface area contributed by atoms with E-state index in [1.165, 1.54) is 109 Å². The monoisotopic (exact) mass is 401 g/mol. The van der Waals surface area contributed by atoms with Gasteiger partial charge in [-0.1, -0.05) is 51.9 Å². The third-order valence-electron chi connectivity index (χ3n) is 5.24. The second-order valence-electron chi connectivity index (χ2n) is 7.90. The van der Waals surface area contributed by atoms with Gasteiger partial charge in [0.2, 0.25) is 0 Å². The van der Waals surface area contributed by atoms with Crippen molar-refractivity contribution in [3.63, 3.8) is 0 Å². The zero-order valence-electron chi connectivity index (χ0n) is 17.5. The van der Waals surface area contributed by atoms with E-state index in [2.05, 4.69) is 30.6 Å². The Morgan fingerprint density at radius 1 is 0.583 bits per heavy atom. The Bertz CT molecular complexity index is 230. The molecule has 0 aromatic heterocycles. The number of nitrogens with one attached hydrogen (secondary N) is 1. The Hall–Kier alpha value is 0.518. The van der Waals surface area contributed by atoms with Crippen LogP contribution in [0.15, 0.2) is 0 Å². The molecule has 1 atom stereocenters. The van der Waals surface area contributed by atoms with Crippen molar-refractivity contribution in [1.82, 2.24) is 5.32 Å². The molecule has 0 aromatic rings. The molecule has 1 N–H and O–H groups in total. The maximum atomic E-state index is 3.70. The van der Waals surface area contributed by atoms with E-state index in [4.69, 9.17) is 0 Å². The van der Waals surface area contributed by atoms with Gasteiger partial charge < -0.3 is 0 Å². The fourth-order valence-electron chi connectivity index (χ4n) is 3.17. The quantitative estimate of drug-likeness (QED) is 0.174. The Labute approximate surface area is 159 Å². The van der Waals surface area contributed by atoms with Crippen LogP contribution in [-0.4, -0.2) is 26.0 Å². The van der Waals surface area contributed by atoms with E-state index in [-0.39, 0.29) is 0 Å². The molecule has 0 spiro atoms. The molecule has 146 valence electrons. The van der Waals surface area contributed by atoms with Gasteiger partial charge in [0.15, 0.2) is 0 Å². The van der Waals surface area contributed by atoms with E-state index < -0.39 is 14.7 Å². The van der Waals surface area contributed by atoms with Gasteiger partial charge in [-0.05, 0) is 0 Å². The summed E-state index contributed by atoms with van der Waals surface area (Å²) in [6, 6.07) is 0. The molecular weight excluding hydrogens is 353 g/mol. The molecule has 0 saturated carbocycles. The number of unbranched alkanes of at least 4 members (excludes halogenated alkanes) is 15. The van der Waals surface area contributed by atoms with E-state index in [0.29, 0.717) is 0 Å². The van der Waals surface area contributed by atoms with Crippen LogP contribution in [0.25, 0.3) is 0 Å². The average Bonchev–Trinajstić information content (AvgIpc) is 2.57. The van der Waals surface area contributed by atoms with Crippen molar-refractivity contribution < 1.29 is 0 Å². The molecule has 0 rings (SSSR count). The fourth-order valence-corrected chi connectivity index (χ4v) is 4.20. The standard InChI is InChI=1S/C22H48AsN/c1-5-6-7-8-9-10-11-12-13-14-15-16-17-18-19-20-21-24-22(2)23(3)4/h22,24H,5-21H2,1-4H3. The minimum absolute atomic E-state index is 0.533. The summed E-state index contributed by atoms with van der Waals surface area (Å²) in [6.07, 6.45) is 23.3. The third kappa shape index (κ3) is 18.9. The molecule has 0 fully saturated rings. The van der Waals surface area contributed by atoms with Crippen LogP contribution in [-0.2, 0) is 0 Å². The summed E-state index contributed by atoms with van der Waals surface area (Å²) in [5, 5.41) is 3.70. The number of rotatable bonds is 19. The fraction of sp³-hybridized carbons (Fsp3) is 1.00. The summed E-state index contributed by atoms with van der Waals surface area (Å²) in [7, 11) is 0. The van der Waals surface area contributed by atoms with E-state index in [1.54, 1.807) is 0 Å². The molecule has 1 nitrogen and oxygen atoms in total. The molecule has 0 amide bonds. The van der Waals surface area contributed by atoms with E-state index in [0.717, 1.165) is 4.83 Å². The molecular formula is C22H48AsN. The third-order valence-corrected chi connectivity index (χ3v) is 8.88. The van der Waals surface area contributed by atoms with E-state index >= 15 is 0 Å². The van der Waals surface area contributed by atoms with E-state index in [9.17, 15) is 0 Å². The normalized spacial score (nSPS) is 12.9. The second kappa shape index (κ2) is 19.8. The van der Waals surface area contributed by atoms with Crippen LogP contribution in [0.4, 0.5) is 0 Å². The minimum atomic E-state index is -0.533. The molecule has 0 saturated heterocycles. The van der Waals surface area contributed by atoms with Gasteiger partial charge in [0, 0.05) is 0 Å². The molecule has 0 radical (unpaired) electrons. The molecule has 0 aliphatic carbocycles. The van der Waals surface area contributed by atoms with Crippen molar-refractivity contribution in [3.8, 4) is 0 Å². The average molecular weight is 402 g/mol. The summed E-state index contributed by atoms with van der Waals surface area (Å²) in [4.78, 5) is 0.814. The summed E-state index contributed by atoms with van der Waals surface area (Å²) < 4.78 is 0. The van der Waals surface area contributed by atoms with Gasteiger partial charge in [-0.2, -0.15) is 0 Å². The SMILES string of the molecule is CCCCCCCCCCCCCCCCCCNC(C)[As](C)C. The van der Waals surface area contributed by atoms with Crippen LogP contribution >= 0.6 is 0 Å². The summed E-state index contributed by atoms with van der Waals surface area (Å²) in [5.74, 6) is 0. The molecule has 0 aliphatic heterocycles. The summed E-state index contributed by atoms with van der Waals surface area (Å²) in [6.45, 7) is 5.91. The molecule has 24 heavy (non-hydrogen) atoms. The molecule has 0 aliphatic rings. The molecule has 0 aromatic carbocycles. The van der Waals surface area contributed by atoms with Gasteiger partial charge >= 0.3 is 107 Å². The van der Waals surface area contributed by atoms with Crippen molar-refractivity contribution >= 4 is 14.7 Å². The van der Waals surface area contributed by atoms with Gasteiger partial charge in [0.25, 0.3) is 0 Å². The van der Waals surface area contributed by atoms with Gasteiger partial charge in [-0.15, -0.1) is 0 Å². The Morgan fingerprint density at radius 3 is 1.25 bits per heavy atom. The first-order valence-corrected chi connectivity index (χ1v) is 15.9.